The number of nitrogens with one attached hydrogen (secondary N) is 1. The molecule has 0 aliphatic carbocycles. The number of hydrogen-bond donors (Lipinski definition) is 1. The van der Waals surface area contributed by atoms with Gasteiger partial charge < -0.3 is 0 Å². The van der Waals surface area contributed by atoms with E-state index in [-0.39, 0.29) is 11.6 Å². The van der Waals surface area contributed by atoms with Crippen molar-refractivity contribution < 1.29 is 4.79 Å². The lowest BCUT2D eigenvalue weighted by Gasteiger charge is -2.00. The third-order valence-electron chi connectivity index (χ3n) is 2.70. The number of thiazole rings is 1. The van der Waals surface area contributed by atoms with Crippen molar-refractivity contribution in [3.8, 4) is 6.07 Å². The van der Waals surface area contributed by atoms with E-state index in [4.69, 9.17) is 16.9 Å². The number of aromatic nitrogens is 2. The Labute approximate surface area is 128 Å². The molecule has 3 rings (SSSR count). The standard InChI is InChI=1S/C14H7ClN4OS/c15-9-2-4-10-12(5-9)21-14(18-10)19-13(20)11-3-1-8(6-16)7-17-11/h1-5,7H,(H,18,19,20). The topological polar surface area (TPSA) is 78.7 Å². The Bertz CT molecular complexity index is 867. The van der Waals surface area contributed by atoms with Gasteiger partial charge in [0, 0.05) is 11.2 Å². The number of benzene rings is 1. The van der Waals surface area contributed by atoms with Gasteiger partial charge in [0.15, 0.2) is 5.13 Å². The maximum atomic E-state index is 12.0. The van der Waals surface area contributed by atoms with Gasteiger partial charge in [-0.15, -0.1) is 0 Å². The molecule has 0 saturated carbocycles. The fourth-order valence-electron chi connectivity index (χ4n) is 1.71. The Hall–Kier alpha value is -2.49. The molecular weight excluding hydrogens is 308 g/mol. The summed E-state index contributed by atoms with van der Waals surface area (Å²) in [6.07, 6.45) is 1.35. The van der Waals surface area contributed by atoms with Crippen LogP contribution in [0.1, 0.15) is 16.1 Å². The van der Waals surface area contributed by atoms with E-state index in [1.165, 1.54) is 23.6 Å². The van der Waals surface area contributed by atoms with E-state index < -0.39 is 0 Å². The summed E-state index contributed by atoms with van der Waals surface area (Å²) in [7, 11) is 0. The number of carbonyl (C=O) groups excluding carboxylic acids is 1. The monoisotopic (exact) mass is 314 g/mol. The highest BCUT2D eigenvalue weighted by Crippen LogP contribution is 2.28. The van der Waals surface area contributed by atoms with Gasteiger partial charge in [0.2, 0.25) is 0 Å². The van der Waals surface area contributed by atoms with E-state index in [1.807, 2.05) is 6.07 Å². The number of fused-ring (bicyclic) bond motifs is 1. The number of carbonyl (C=O) groups is 1. The van der Waals surface area contributed by atoms with Gasteiger partial charge in [-0.25, -0.2) is 9.97 Å². The van der Waals surface area contributed by atoms with Crippen LogP contribution in [0.2, 0.25) is 5.02 Å². The number of nitriles is 1. The molecule has 2 aromatic heterocycles. The molecule has 1 amide bonds. The van der Waals surface area contributed by atoms with Gasteiger partial charge in [0.05, 0.1) is 15.8 Å². The molecule has 0 saturated heterocycles. The quantitative estimate of drug-likeness (QED) is 0.785. The number of pyridine rings is 1. The van der Waals surface area contributed by atoms with Crippen molar-refractivity contribution in [2.45, 2.75) is 0 Å². The van der Waals surface area contributed by atoms with Crippen LogP contribution < -0.4 is 5.32 Å². The first-order chi connectivity index (χ1) is 10.2. The number of anilines is 1. The summed E-state index contributed by atoms with van der Waals surface area (Å²) in [4.78, 5) is 20.3. The van der Waals surface area contributed by atoms with Crippen molar-refractivity contribution in [2.75, 3.05) is 5.32 Å². The smallest absolute Gasteiger partial charge is 0.276 e. The third kappa shape index (κ3) is 2.84. The van der Waals surface area contributed by atoms with Crippen LogP contribution in [0, 0.1) is 11.3 Å². The minimum atomic E-state index is -0.371. The molecule has 3 aromatic rings. The average molecular weight is 315 g/mol. The predicted octanol–water partition coefficient (Wildman–Crippen LogP) is 3.47. The Morgan fingerprint density at radius 2 is 2.19 bits per heavy atom. The molecule has 0 bridgehead atoms. The van der Waals surface area contributed by atoms with Crippen LogP contribution in [0.5, 0.6) is 0 Å². The van der Waals surface area contributed by atoms with Gasteiger partial charge >= 0.3 is 0 Å². The summed E-state index contributed by atoms with van der Waals surface area (Å²) >= 11 is 7.25. The maximum Gasteiger partial charge on any atom is 0.276 e. The molecule has 0 spiro atoms. The molecular formula is C14H7ClN4OS. The average Bonchev–Trinajstić information content (AvgIpc) is 2.88. The lowest BCUT2D eigenvalue weighted by molar-refractivity contribution is 0.102. The van der Waals surface area contributed by atoms with Gasteiger partial charge in [-0.05, 0) is 30.3 Å². The number of hydrogen-bond acceptors (Lipinski definition) is 5. The summed E-state index contributed by atoms with van der Waals surface area (Å²) in [6, 6.07) is 10.3. The SMILES string of the molecule is N#Cc1ccc(C(=O)Nc2nc3ccc(Cl)cc3s2)nc1. The fraction of sp³-hybridized carbons (Fsp3) is 0. The lowest BCUT2D eigenvalue weighted by atomic mass is 10.2. The van der Waals surface area contributed by atoms with Crippen molar-refractivity contribution in [1.29, 1.82) is 5.26 Å². The van der Waals surface area contributed by atoms with Crippen molar-refractivity contribution >= 4 is 44.2 Å². The van der Waals surface area contributed by atoms with Crippen LogP contribution in [-0.2, 0) is 0 Å². The van der Waals surface area contributed by atoms with Crippen molar-refractivity contribution in [3.05, 3.63) is 52.8 Å². The molecule has 21 heavy (non-hydrogen) atoms. The van der Waals surface area contributed by atoms with Crippen LogP contribution in [0.4, 0.5) is 5.13 Å². The Morgan fingerprint density at radius 3 is 2.90 bits per heavy atom. The molecule has 7 heteroatoms. The third-order valence-corrected chi connectivity index (χ3v) is 3.86. The van der Waals surface area contributed by atoms with E-state index in [0.29, 0.717) is 15.7 Å². The second-order valence-corrected chi connectivity index (χ2v) is 5.60. The molecule has 0 fully saturated rings. The molecule has 0 aliphatic rings. The molecule has 1 N–H and O–H groups in total. The summed E-state index contributed by atoms with van der Waals surface area (Å²) < 4.78 is 0.894. The zero-order valence-electron chi connectivity index (χ0n) is 10.5. The van der Waals surface area contributed by atoms with Crippen molar-refractivity contribution in [3.63, 3.8) is 0 Å². The molecule has 1 aromatic carbocycles. The predicted molar refractivity (Wildman–Crippen MR) is 81.5 cm³/mol. The summed E-state index contributed by atoms with van der Waals surface area (Å²) in [5.74, 6) is -0.371. The van der Waals surface area contributed by atoms with Crippen molar-refractivity contribution in [1.82, 2.24) is 9.97 Å². The first-order valence-electron chi connectivity index (χ1n) is 5.89. The van der Waals surface area contributed by atoms with Gasteiger partial charge in [0.25, 0.3) is 5.91 Å². The molecule has 5 nitrogen and oxygen atoms in total. The van der Waals surface area contributed by atoms with Gasteiger partial charge in [-0.1, -0.05) is 22.9 Å². The van der Waals surface area contributed by atoms with E-state index in [2.05, 4.69) is 15.3 Å². The second-order valence-electron chi connectivity index (χ2n) is 4.13. The summed E-state index contributed by atoms with van der Waals surface area (Å²) in [5, 5.41) is 12.5. The highest BCUT2D eigenvalue weighted by atomic mass is 35.5. The number of rotatable bonds is 2. The highest BCUT2D eigenvalue weighted by molar-refractivity contribution is 7.22. The molecule has 0 radical (unpaired) electrons. The Balaban J connectivity index is 1.83. The largest absolute Gasteiger partial charge is 0.296 e. The van der Waals surface area contributed by atoms with Gasteiger partial charge in [-0.3, -0.25) is 10.1 Å². The second kappa shape index (κ2) is 5.48. The van der Waals surface area contributed by atoms with E-state index in [1.54, 1.807) is 24.3 Å². The van der Waals surface area contributed by atoms with E-state index in [0.717, 1.165) is 10.2 Å². The van der Waals surface area contributed by atoms with Crippen LogP contribution >= 0.6 is 22.9 Å². The zero-order valence-corrected chi connectivity index (χ0v) is 12.1. The highest BCUT2D eigenvalue weighted by Gasteiger charge is 2.11. The molecule has 0 unspecified atom stereocenters. The van der Waals surface area contributed by atoms with Crippen molar-refractivity contribution in [2.24, 2.45) is 0 Å². The lowest BCUT2D eigenvalue weighted by Crippen LogP contribution is -2.13. The van der Waals surface area contributed by atoms with Crippen LogP contribution in [0.25, 0.3) is 10.2 Å². The zero-order chi connectivity index (χ0) is 14.8. The van der Waals surface area contributed by atoms with E-state index in [9.17, 15) is 4.79 Å². The minimum absolute atomic E-state index is 0.228. The Kier molecular flexibility index (Phi) is 3.52. The van der Waals surface area contributed by atoms with Crippen LogP contribution in [0.15, 0.2) is 36.5 Å². The van der Waals surface area contributed by atoms with Gasteiger partial charge in [0.1, 0.15) is 11.8 Å². The molecule has 0 aliphatic heterocycles. The number of amides is 1. The van der Waals surface area contributed by atoms with Crippen LogP contribution in [0.3, 0.4) is 0 Å². The molecule has 2 heterocycles. The van der Waals surface area contributed by atoms with Crippen LogP contribution in [-0.4, -0.2) is 15.9 Å². The van der Waals surface area contributed by atoms with Gasteiger partial charge in [-0.2, -0.15) is 5.26 Å². The minimum Gasteiger partial charge on any atom is -0.296 e. The normalized spacial score (nSPS) is 10.3. The Morgan fingerprint density at radius 1 is 1.33 bits per heavy atom. The fourth-order valence-corrected chi connectivity index (χ4v) is 2.84. The number of halogens is 1. The first kappa shape index (κ1) is 13.5. The molecule has 0 atom stereocenters. The molecule has 102 valence electrons. The summed E-state index contributed by atoms with van der Waals surface area (Å²) in [5.41, 5.74) is 1.40. The maximum absolute atomic E-state index is 12.0. The van der Waals surface area contributed by atoms with E-state index >= 15 is 0 Å². The first-order valence-corrected chi connectivity index (χ1v) is 7.09. The number of nitrogens with zero attached hydrogens (tertiary/aromatic N) is 3. The summed E-state index contributed by atoms with van der Waals surface area (Å²) in [6.45, 7) is 0.